The van der Waals surface area contributed by atoms with Crippen LogP contribution in [-0.2, 0) is 14.3 Å². The maximum Gasteiger partial charge on any atom is 0.397 e. The molecule has 16 heavy (non-hydrogen) atoms. The number of rotatable bonds is 2. The molecule has 1 N–H and O–H groups in total. The number of ether oxygens (including phenoxy) is 1. The summed E-state index contributed by atoms with van der Waals surface area (Å²) in [5.41, 5.74) is 0. The molecule has 0 aliphatic rings. The van der Waals surface area contributed by atoms with E-state index in [9.17, 15) is 9.59 Å². The second-order valence-electron chi connectivity index (χ2n) is 2.66. The molecule has 1 heterocycles. The smallest absolute Gasteiger partial charge is 0.397 e. The number of esters is 1. The number of hydrogen-bond donors (Lipinski definition) is 1. The van der Waals surface area contributed by atoms with Crippen LogP contribution in [-0.4, -0.2) is 23.5 Å². The zero-order chi connectivity index (χ0) is 12.1. The van der Waals surface area contributed by atoms with Crippen LogP contribution >= 0.6 is 23.2 Å². The van der Waals surface area contributed by atoms with Crippen molar-refractivity contribution in [2.75, 3.05) is 11.9 Å². The van der Waals surface area contributed by atoms with Gasteiger partial charge in [-0.1, -0.05) is 23.2 Å². The fourth-order valence-electron chi connectivity index (χ4n) is 0.862. The number of carbonyl (C=O) groups is 2. The van der Waals surface area contributed by atoms with E-state index in [1.54, 1.807) is 6.92 Å². The molecule has 0 spiro atoms. The molecule has 0 unspecified atom stereocenters. The number of amides is 1. The lowest BCUT2D eigenvalue weighted by Crippen LogP contribution is -2.25. The Hall–Kier alpha value is -1.33. The fourth-order valence-corrected chi connectivity index (χ4v) is 1.29. The highest BCUT2D eigenvalue weighted by Crippen LogP contribution is 2.22. The molecule has 0 aliphatic heterocycles. The Morgan fingerprint density at radius 3 is 2.75 bits per heavy atom. The SMILES string of the molecule is CCOC(=O)C(=O)Nc1ncc(Cl)cc1Cl. The second-order valence-corrected chi connectivity index (χ2v) is 3.50. The number of carbonyl (C=O) groups excluding carboxylic acids is 2. The Kier molecular flexibility index (Phi) is 4.52. The molecular weight excluding hydrogens is 255 g/mol. The van der Waals surface area contributed by atoms with E-state index < -0.39 is 11.9 Å². The predicted molar refractivity (Wildman–Crippen MR) is 59.5 cm³/mol. The van der Waals surface area contributed by atoms with Crippen molar-refractivity contribution in [3.8, 4) is 0 Å². The molecule has 0 saturated heterocycles. The van der Waals surface area contributed by atoms with Gasteiger partial charge in [0.25, 0.3) is 0 Å². The monoisotopic (exact) mass is 262 g/mol. The quantitative estimate of drug-likeness (QED) is 0.653. The van der Waals surface area contributed by atoms with Crippen LogP contribution in [0.2, 0.25) is 10.0 Å². The van der Waals surface area contributed by atoms with Crippen molar-refractivity contribution in [1.82, 2.24) is 4.98 Å². The number of anilines is 1. The number of pyridine rings is 1. The summed E-state index contributed by atoms with van der Waals surface area (Å²) in [6.07, 6.45) is 1.30. The van der Waals surface area contributed by atoms with Crippen LogP contribution in [0.5, 0.6) is 0 Å². The molecule has 0 radical (unpaired) electrons. The minimum atomic E-state index is -0.990. The van der Waals surface area contributed by atoms with Crippen LogP contribution in [0.3, 0.4) is 0 Å². The first-order valence-corrected chi connectivity index (χ1v) is 5.09. The summed E-state index contributed by atoms with van der Waals surface area (Å²) in [7, 11) is 0. The van der Waals surface area contributed by atoms with Crippen LogP contribution in [0, 0.1) is 0 Å². The van der Waals surface area contributed by atoms with E-state index in [-0.39, 0.29) is 17.4 Å². The highest BCUT2D eigenvalue weighted by atomic mass is 35.5. The van der Waals surface area contributed by atoms with E-state index in [1.165, 1.54) is 12.3 Å². The summed E-state index contributed by atoms with van der Waals surface area (Å²) in [5, 5.41) is 2.68. The summed E-state index contributed by atoms with van der Waals surface area (Å²) in [6, 6.07) is 1.40. The van der Waals surface area contributed by atoms with Gasteiger partial charge in [-0.05, 0) is 13.0 Å². The minimum absolute atomic E-state index is 0.0594. The first-order valence-electron chi connectivity index (χ1n) is 4.33. The van der Waals surface area contributed by atoms with Crippen molar-refractivity contribution in [1.29, 1.82) is 0 Å². The molecule has 0 fully saturated rings. The molecule has 1 aromatic rings. The summed E-state index contributed by atoms with van der Waals surface area (Å²) >= 11 is 11.4. The van der Waals surface area contributed by atoms with Crippen LogP contribution in [0.4, 0.5) is 5.82 Å². The molecule has 0 bridgehead atoms. The zero-order valence-electron chi connectivity index (χ0n) is 8.29. The van der Waals surface area contributed by atoms with Crippen molar-refractivity contribution >= 4 is 40.9 Å². The molecule has 0 atom stereocenters. The molecule has 5 nitrogen and oxygen atoms in total. The van der Waals surface area contributed by atoms with E-state index in [0.717, 1.165) is 0 Å². The minimum Gasteiger partial charge on any atom is -0.459 e. The molecule has 1 amide bonds. The fraction of sp³-hybridized carbons (Fsp3) is 0.222. The van der Waals surface area contributed by atoms with E-state index >= 15 is 0 Å². The Bertz CT molecular complexity index is 423. The topological polar surface area (TPSA) is 68.3 Å². The summed E-state index contributed by atoms with van der Waals surface area (Å²) in [6.45, 7) is 1.72. The first-order chi connectivity index (χ1) is 7.54. The van der Waals surface area contributed by atoms with Gasteiger partial charge in [0.15, 0.2) is 5.82 Å². The van der Waals surface area contributed by atoms with Crippen molar-refractivity contribution in [2.45, 2.75) is 6.92 Å². The molecule has 7 heteroatoms. The molecule has 1 rings (SSSR count). The van der Waals surface area contributed by atoms with Gasteiger partial charge in [0.2, 0.25) is 0 Å². The van der Waals surface area contributed by atoms with Gasteiger partial charge in [0.1, 0.15) is 0 Å². The van der Waals surface area contributed by atoms with Gasteiger partial charge in [-0.3, -0.25) is 10.1 Å². The molecule has 86 valence electrons. The lowest BCUT2D eigenvalue weighted by Gasteiger charge is -2.05. The van der Waals surface area contributed by atoms with E-state index in [4.69, 9.17) is 23.2 Å². The lowest BCUT2D eigenvalue weighted by atomic mass is 10.4. The largest absolute Gasteiger partial charge is 0.459 e. The van der Waals surface area contributed by atoms with Crippen LogP contribution < -0.4 is 5.32 Å². The Labute approximate surface area is 102 Å². The van der Waals surface area contributed by atoms with Gasteiger partial charge in [-0.25, -0.2) is 9.78 Å². The standard InChI is InChI=1S/C9H8Cl2N2O3/c1-2-16-9(15)8(14)13-7-6(11)3-5(10)4-12-7/h3-4H,2H2,1H3,(H,12,13,14). The van der Waals surface area contributed by atoms with Gasteiger partial charge in [0.05, 0.1) is 16.7 Å². The second kappa shape index (κ2) is 5.67. The van der Waals surface area contributed by atoms with Crippen molar-refractivity contribution in [3.05, 3.63) is 22.3 Å². The van der Waals surface area contributed by atoms with Crippen molar-refractivity contribution < 1.29 is 14.3 Å². The van der Waals surface area contributed by atoms with Gasteiger partial charge in [0, 0.05) is 6.20 Å². The normalized spacial score (nSPS) is 9.69. The zero-order valence-corrected chi connectivity index (χ0v) is 9.80. The number of halogens is 2. The molecular formula is C9H8Cl2N2O3. The third-order valence-electron chi connectivity index (χ3n) is 1.50. The van der Waals surface area contributed by atoms with Crippen LogP contribution in [0.1, 0.15) is 6.92 Å². The molecule has 0 aliphatic carbocycles. The number of nitrogens with one attached hydrogen (secondary N) is 1. The van der Waals surface area contributed by atoms with Crippen LogP contribution in [0.25, 0.3) is 0 Å². The van der Waals surface area contributed by atoms with Crippen LogP contribution in [0.15, 0.2) is 12.3 Å². The molecule has 1 aromatic heterocycles. The molecule has 0 aromatic carbocycles. The summed E-state index contributed by atoms with van der Waals surface area (Å²) in [4.78, 5) is 26.0. The van der Waals surface area contributed by atoms with E-state index in [1.807, 2.05) is 0 Å². The number of aromatic nitrogens is 1. The Morgan fingerprint density at radius 1 is 1.50 bits per heavy atom. The van der Waals surface area contributed by atoms with Gasteiger partial charge < -0.3 is 4.74 Å². The first kappa shape index (κ1) is 12.7. The maximum absolute atomic E-state index is 11.2. The van der Waals surface area contributed by atoms with Gasteiger partial charge >= 0.3 is 11.9 Å². The highest BCUT2D eigenvalue weighted by molar-refractivity contribution is 6.40. The highest BCUT2D eigenvalue weighted by Gasteiger charge is 2.16. The Morgan fingerprint density at radius 2 is 2.19 bits per heavy atom. The third kappa shape index (κ3) is 3.36. The maximum atomic E-state index is 11.2. The summed E-state index contributed by atoms with van der Waals surface area (Å²) in [5.74, 6) is -1.86. The lowest BCUT2D eigenvalue weighted by molar-refractivity contribution is -0.152. The number of hydrogen-bond acceptors (Lipinski definition) is 4. The van der Waals surface area contributed by atoms with Crippen molar-refractivity contribution in [2.24, 2.45) is 0 Å². The molecule has 0 saturated carbocycles. The van der Waals surface area contributed by atoms with Gasteiger partial charge in [-0.15, -0.1) is 0 Å². The van der Waals surface area contributed by atoms with E-state index in [2.05, 4.69) is 15.0 Å². The van der Waals surface area contributed by atoms with Crippen molar-refractivity contribution in [3.63, 3.8) is 0 Å². The number of nitrogens with zero attached hydrogens (tertiary/aromatic N) is 1. The predicted octanol–water partition coefficient (Wildman–Crippen LogP) is 1.89. The van der Waals surface area contributed by atoms with Gasteiger partial charge in [-0.2, -0.15) is 0 Å². The average molecular weight is 263 g/mol. The third-order valence-corrected chi connectivity index (χ3v) is 2.00. The van der Waals surface area contributed by atoms with E-state index in [0.29, 0.717) is 5.02 Å². The average Bonchev–Trinajstić information content (AvgIpc) is 2.22. The Balaban J connectivity index is 2.73. The summed E-state index contributed by atoms with van der Waals surface area (Å²) < 4.78 is 4.49.